The number of amides is 2. The molecule has 0 aromatic heterocycles. The van der Waals surface area contributed by atoms with Crippen LogP contribution in [0.5, 0.6) is 0 Å². The molecule has 0 radical (unpaired) electrons. The summed E-state index contributed by atoms with van der Waals surface area (Å²) in [5.74, 6) is 0.224. The third kappa shape index (κ3) is 2.28. The number of thioether (sulfide) groups is 1. The zero-order valence-corrected chi connectivity index (χ0v) is 10.0. The minimum atomic E-state index is -0.427. The highest BCUT2D eigenvalue weighted by molar-refractivity contribution is 8.00. The normalized spacial score (nSPS) is 26.5. The number of hydrogen-bond donors (Lipinski definition) is 1. The van der Waals surface area contributed by atoms with Gasteiger partial charge in [-0.15, -0.1) is 11.8 Å². The first kappa shape index (κ1) is 12.0. The second-order valence-electron chi connectivity index (χ2n) is 3.78. The summed E-state index contributed by atoms with van der Waals surface area (Å²) in [5.41, 5.74) is 0.888. The summed E-state index contributed by atoms with van der Waals surface area (Å²) in [6.07, 6.45) is 2.24. The van der Waals surface area contributed by atoms with Gasteiger partial charge in [0.2, 0.25) is 6.41 Å². The van der Waals surface area contributed by atoms with E-state index in [0.717, 1.165) is 5.57 Å². The maximum atomic E-state index is 11.6. The zero-order valence-electron chi connectivity index (χ0n) is 9.21. The van der Waals surface area contributed by atoms with Crippen molar-refractivity contribution in [2.45, 2.75) is 18.3 Å². The number of hydrogen-bond acceptors (Lipinski definition) is 5. The lowest BCUT2D eigenvalue weighted by molar-refractivity contribution is -0.143. The lowest BCUT2D eigenvalue weighted by Crippen LogP contribution is -2.67. The molecule has 0 aromatic rings. The summed E-state index contributed by atoms with van der Waals surface area (Å²) >= 11 is 1.55. The van der Waals surface area contributed by atoms with Crippen LogP contribution in [-0.2, 0) is 19.1 Å². The average Bonchev–Trinajstić information content (AvgIpc) is 2.33. The van der Waals surface area contributed by atoms with Crippen LogP contribution in [0.15, 0.2) is 11.8 Å². The third-order valence-electron chi connectivity index (χ3n) is 2.55. The molecule has 0 saturated carbocycles. The molecule has 0 aliphatic carbocycles. The molecule has 2 aliphatic rings. The van der Waals surface area contributed by atoms with Gasteiger partial charge < -0.3 is 15.0 Å². The molecule has 0 spiro atoms. The molecule has 2 heterocycles. The summed E-state index contributed by atoms with van der Waals surface area (Å²) < 4.78 is 4.87. The van der Waals surface area contributed by atoms with Gasteiger partial charge in [-0.2, -0.15) is 0 Å². The van der Waals surface area contributed by atoms with Gasteiger partial charge in [0.15, 0.2) is 0 Å². The Kier molecular flexibility index (Phi) is 3.37. The van der Waals surface area contributed by atoms with E-state index in [9.17, 15) is 14.4 Å². The van der Waals surface area contributed by atoms with Crippen LogP contribution in [0.25, 0.3) is 0 Å². The van der Waals surface area contributed by atoms with Gasteiger partial charge in [0.25, 0.3) is 5.91 Å². The molecule has 2 atom stereocenters. The average molecular weight is 256 g/mol. The Bertz CT molecular complexity index is 396. The second-order valence-corrected chi connectivity index (χ2v) is 4.88. The number of carbonyl (C=O) groups is 3. The summed E-state index contributed by atoms with van der Waals surface area (Å²) in [4.78, 5) is 34.1. The van der Waals surface area contributed by atoms with Crippen molar-refractivity contribution in [3.05, 3.63) is 11.8 Å². The molecule has 1 N–H and O–H groups in total. The summed E-state index contributed by atoms with van der Waals surface area (Å²) in [6, 6.07) is -0.427. The predicted molar refractivity (Wildman–Crippen MR) is 60.8 cm³/mol. The lowest BCUT2D eigenvalue weighted by atomic mass is 10.1. The molecule has 6 nitrogen and oxygen atoms in total. The van der Waals surface area contributed by atoms with E-state index in [1.54, 1.807) is 22.9 Å². The minimum absolute atomic E-state index is 0.0335. The van der Waals surface area contributed by atoms with Crippen LogP contribution < -0.4 is 5.32 Å². The Labute approximate surface area is 102 Å². The van der Waals surface area contributed by atoms with Gasteiger partial charge in [-0.1, -0.05) is 0 Å². The van der Waals surface area contributed by atoms with Crippen LogP contribution in [0.4, 0.5) is 0 Å². The van der Waals surface area contributed by atoms with Gasteiger partial charge in [0.05, 0.1) is 0 Å². The molecule has 0 aromatic carbocycles. The lowest BCUT2D eigenvalue weighted by Gasteiger charge is -2.46. The fourth-order valence-electron chi connectivity index (χ4n) is 1.73. The standard InChI is InChI=1S/C10H12N2O4S/c1-6(14)16-3-7-2-12-9(15)8(11-5-13)10(12)17-4-7/h2,5,8,10H,3-4H2,1H3,(H,11,13). The van der Waals surface area contributed by atoms with E-state index in [2.05, 4.69) is 5.32 Å². The SMILES string of the molecule is CC(=O)OCC1=CN2C(=O)C(NC=O)C2SC1. The van der Waals surface area contributed by atoms with Gasteiger partial charge in [-0.05, 0) is 5.57 Å². The van der Waals surface area contributed by atoms with Crippen molar-refractivity contribution < 1.29 is 19.1 Å². The van der Waals surface area contributed by atoms with E-state index in [4.69, 9.17) is 4.74 Å². The van der Waals surface area contributed by atoms with Gasteiger partial charge in [-0.3, -0.25) is 14.4 Å². The van der Waals surface area contributed by atoms with Gasteiger partial charge in [0.1, 0.15) is 18.0 Å². The fraction of sp³-hybridized carbons (Fsp3) is 0.500. The van der Waals surface area contributed by atoms with E-state index >= 15 is 0 Å². The first-order chi connectivity index (χ1) is 8.13. The monoisotopic (exact) mass is 256 g/mol. The van der Waals surface area contributed by atoms with Crippen molar-refractivity contribution in [2.24, 2.45) is 0 Å². The molecule has 1 saturated heterocycles. The molecule has 17 heavy (non-hydrogen) atoms. The van der Waals surface area contributed by atoms with Gasteiger partial charge >= 0.3 is 5.97 Å². The van der Waals surface area contributed by atoms with E-state index < -0.39 is 6.04 Å². The Morgan fingerprint density at radius 2 is 2.53 bits per heavy atom. The highest BCUT2D eigenvalue weighted by Crippen LogP contribution is 2.35. The number of ether oxygens (including phenoxy) is 1. The van der Waals surface area contributed by atoms with E-state index in [0.29, 0.717) is 12.2 Å². The number of β-lactam (4-membered cyclic amide) rings is 1. The molecule has 2 amide bonds. The first-order valence-corrected chi connectivity index (χ1v) is 6.15. The van der Waals surface area contributed by atoms with Crippen LogP contribution in [0.2, 0.25) is 0 Å². The molecule has 1 fully saturated rings. The Morgan fingerprint density at radius 1 is 1.76 bits per heavy atom. The van der Waals surface area contributed by atoms with Crippen LogP contribution in [-0.4, -0.2) is 47.0 Å². The molecule has 2 aliphatic heterocycles. The Hall–Kier alpha value is -1.50. The topological polar surface area (TPSA) is 75.7 Å². The smallest absolute Gasteiger partial charge is 0.302 e. The van der Waals surface area contributed by atoms with Crippen molar-refractivity contribution in [3.8, 4) is 0 Å². The summed E-state index contributed by atoms with van der Waals surface area (Å²) in [7, 11) is 0. The largest absolute Gasteiger partial charge is 0.461 e. The van der Waals surface area contributed by atoms with Gasteiger partial charge in [-0.25, -0.2) is 0 Å². The van der Waals surface area contributed by atoms with Crippen molar-refractivity contribution >= 4 is 30.0 Å². The van der Waals surface area contributed by atoms with Crippen molar-refractivity contribution in [1.82, 2.24) is 10.2 Å². The molecule has 7 heteroatoms. The highest BCUT2D eigenvalue weighted by Gasteiger charge is 2.48. The second kappa shape index (κ2) is 4.79. The maximum absolute atomic E-state index is 11.6. The van der Waals surface area contributed by atoms with Crippen LogP contribution in [0.3, 0.4) is 0 Å². The number of nitrogens with zero attached hydrogens (tertiary/aromatic N) is 1. The summed E-state index contributed by atoms with van der Waals surface area (Å²) in [6.45, 7) is 1.56. The van der Waals surface area contributed by atoms with Crippen molar-refractivity contribution in [1.29, 1.82) is 0 Å². The van der Waals surface area contributed by atoms with E-state index in [-0.39, 0.29) is 23.9 Å². The molecular formula is C10H12N2O4S. The van der Waals surface area contributed by atoms with Crippen LogP contribution in [0, 0.1) is 0 Å². The third-order valence-corrected chi connectivity index (χ3v) is 3.93. The molecule has 0 bridgehead atoms. The maximum Gasteiger partial charge on any atom is 0.302 e. The highest BCUT2D eigenvalue weighted by atomic mass is 32.2. The number of fused-ring (bicyclic) bond motifs is 1. The van der Waals surface area contributed by atoms with E-state index in [1.807, 2.05) is 0 Å². The van der Waals surface area contributed by atoms with Gasteiger partial charge in [0, 0.05) is 18.9 Å². The Morgan fingerprint density at radius 3 is 3.18 bits per heavy atom. The predicted octanol–water partition coefficient (Wildman–Crippen LogP) is -0.537. The number of carbonyl (C=O) groups excluding carboxylic acids is 3. The first-order valence-electron chi connectivity index (χ1n) is 5.10. The number of esters is 1. The van der Waals surface area contributed by atoms with Crippen LogP contribution in [0.1, 0.15) is 6.92 Å². The molecule has 92 valence electrons. The Balaban J connectivity index is 1.95. The molecule has 2 unspecified atom stereocenters. The number of nitrogens with one attached hydrogen (secondary N) is 1. The molecular weight excluding hydrogens is 244 g/mol. The van der Waals surface area contributed by atoms with E-state index in [1.165, 1.54) is 6.92 Å². The van der Waals surface area contributed by atoms with Crippen molar-refractivity contribution in [2.75, 3.05) is 12.4 Å². The van der Waals surface area contributed by atoms with Crippen molar-refractivity contribution in [3.63, 3.8) is 0 Å². The molecule has 2 rings (SSSR count). The number of rotatable bonds is 4. The fourth-order valence-corrected chi connectivity index (χ4v) is 2.98. The van der Waals surface area contributed by atoms with Crippen LogP contribution >= 0.6 is 11.8 Å². The summed E-state index contributed by atoms with van der Waals surface area (Å²) in [5, 5.41) is 2.46. The zero-order chi connectivity index (χ0) is 12.4. The minimum Gasteiger partial charge on any atom is -0.461 e. The quantitative estimate of drug-likeness (QED) is 0.415.